The third kappa shape index (κ3) is 6.16. The van der Waals surface area contributed by atoms with Crippen LogP contribution in [0.5, 0.6) is 0 Å². The Kier molecular flexibility index (Phi) is 7.28. The zero-order valence-corrected chi connectivity index (χ0v) is 17.5. The molecule has 0 aromatic rings. The number of hydrogen-bond donors (Lipinski definition) is 2. The second-order valence-electron chi connectivity index (χ2n) is 8.80. The van der Waals surface area contributed by atoms with Crippen LogP contribution in [0.3, 0.4) is 0 Å². The van der Waals surface area contributed by atoms with Gasteiger partial charge < -0.3 is 19.7 Å². The summed E-state index contributed by atoms with van der Waals surface area (Å²) in [5.41, 5.74) is 0.858. The van der Waals surface area contributed by atoms with Gasteiger partial charge in [-0.05, 0) is 69.9 Å². The summed E-state index contributed by atoms with van der Waals surface area (Å²) in [4.78, 5) is 11.6. The van der Waals surface area contributed by atoms with Crippen molar-refractivity contribution in [3.8, 4) is 0 Å². The van der Waals surface area contributed by atoms with E-state index in [0.717, 1.165) is 31.3 Å². The fourth-order valence-electron chi connectivity index (χ4n) is 3.82. The van der Waals surface area contributed by atoms with Crippen LogP contribution in [-0.4, -0.2) is 46.2 Å². The maximum atomic E-state index is 11.6. The second-order valence-corrected chi connectivity index (χ2v) is 8.80. The molecule has 0 bridgehead atoms. The van der Waals surface area contributed by atoms with Gasteiger partial charge in [-0.2, -0.15) is 0 Å². The van der Waals surface area contributed by atoms with E-state index in [1.165, 1.54) is 12.5 Å². The van der Waals surface area contributed by atoms with Crippen molar-refractivity contribution in [3.63, 3.8) is 0 Å². The Morgan fingerprint density at radius 1 is 1.33 bits per heavy atom. The number of esters is 1. The summed E-state index contributed by atoms with van der Waals surface area (Å²) in [6.07, 6.45) is 8.02. The topological polar surface area (TPSA) is 79.3 Å². The number of ether oxygens (including phenoxy) is 2. The Bertz CT molecular complexity index is 590. The number of hydrogen-bond acceptors (Lipinski definition) is 5. The highest BCUT2D eigenvalue weighted by atomic mass is 16.6. The SMILES string of the molecule is CC(=O)OC1C=C(C(C)C)CCC2(C)OC2CCC(CO)=CCCC1(C)O. The lowest BCUT2D eigenvalue weighted by molar-refractivity contribution is -0.156. The van der Waals surface area contributed by atoms with Gasteiger partial charge in [0.25, 0.3) is 0 Å². The summed E-state index contributed by atoms with van der Waals surface area (Å²) < 4.78 is 11.5. The summed E-state index contributed by atoms with van der Waals surface area (Å²) >= 11 is 0. The molecule has 1 heterocycles. The van der Waals surface area contributed by atoms with Crippen LogP contribution in [0, 0.1) is 5.92 Å². The highest BCUT2D eigenvalue weighted by Gasteiger charge is 2.51. The van der Waals surface area contributed by atoms with E-state index in [2.05, 4.69) is 20.8 Å². The molecule has 1 aliphatic heterocycles. The van der Waals surface area contributed by atoms with E-state index in [1.54, 1.807) is 6.92 Å². The Morgan fingerprint density at radius 2 is 2.04 bits per heavy atom. The Labute approximate surface area is 163 Å². The molecule has 27 heavy (non-hydrogen) atoms. The molecule has 0 saturated carbocycles. The molecule has 1 fully saturated rings. The van der Waals surface area contributed by atoms with Crippen LogP contribution < -0.4 is 0 Å². The molecule has 5 heteroatoms. The summed E-state index contributed by atoms with van der Waals surface area (Å²) in [5.74, 6) is -0.0988. The van der Waals surface area contributed by atoms with Crippen molar-refractivity contribution in [1.29, 1.82) is 0 Å². The van der Waals surface area contributed by atoms with E-state index in [-0.39, 0.29) is 18.3 Å². The molecule has 1 aliphatic carbocycles. The van der Waals surface area contributed by atoms with Crippen LogP contribution >= 0.6 is 0 Å². The maximum Gasteiger partial charge on any atom is 0.303 e. The van der Waals surface area contributed by atoms with Gasteiger partial charge in [0.15, 0.2) is 0 Å². The molecule has 154 valence electrons. The molecule has 0 radical (unpaired) electrons. The zero-order valence-electron chi connectivity index (χ0n) is 17.5. The fraction of sp³-hybridized carbons (Fsp3) is 0.773. The maximum absolute atomic E-state index is 11.6. The van der Waals surface area contributed by atoms with E-state index in [1.807, 2.05) is 12.2 Å². The minimum atomic E-state index is -1.17. The predicted octanol–water partition coefficient (Wildman–Crippen LogP) is 3.68. The molecular weight excluding hydrogens is 344 g/mol. The number of aliphatic hydroxyl groups is 2. The smallest absolute Gasteiger partial charge is 0.303 e. The number of epoxide rings is 1. The summed E-state index contributed by atoms with van der Waals surface area (Å²) in [6, 6.07) is 0. The Balaban J connectivity index is 2.31. The third-order valence-electron chi connectivity index (χ3n) is 5.97. The average Bonchev–Trinajstić information content (AvgIpc) is 3.22. The first-order valence-electron chi connectivity index (χ1n) is 10.1. The number of carbonyl (C=O) groups is 1. The summed E-state index contributed by atoms with van der Waals surface area (Å²) in [6.45, 7) is 9.50. The zero-order chi connectivity index (χ0) is 20.2. The molecule has 0 spiro atoms. The lowest BCUT2D eigenvalue weighted by Gasteiger charge is -2.31. The highest BCUT2D eigenvalue weighted by molar-refractivity contribution is 5.66. The number of carbonyl (C=O) groups excluding carboxylic acids is 1. The second kappa shape index (κ2) is 8.89. The van der Waals surface area contributed by atoms with Crippen molar-refractivity contribution in [1.82, 2.24) is 0 Å². The third-order valence-corrected chi connectivity index (χ3v) is 5.97. The molecule has 5 nitrogen and oxygen atoms in total. The van der Waals surface area contributed by atoms with Crippen molar-refractivity contribution in [2.75, 3.05) is 6.61 Å². The molecule has 2 rings (SSSR count). The van der Waals surface area contributed by atoms with Crippen molar-refractivity contribution >= 4 is 5.97 Å². The molecule has 1 saturated heterocycles. The van der Waals surface area contributed by atoms with Crippen LogP contribution in [0.1, 0.15) is 73.1 Å². The predicted molar refractivity (Wildman–Crippen MR) is 105 cm³/mol. The van der Waals surface area contributed by atoms with Gasteiger partial charge in [0.05, 0.1) is 18.3 Å². The highest BCUT2D eigenvalue weighted by Crippen LogP contribution is 2.44. The minimum Gasteiger partial charge on any atom is -0.455 e. The lowest BCUT2D eigenvalue weighted by atomic mass is 9.85. The van der Waals surface area contributed by atoms with Gasteiger partial charge in [0, 0.05) is 6.92 Å². The number of rotatable bonds is 3. The van der Waals surface area contributed by atoms with Crippen LogP contribution in [0.4, 0.5) is 0 Å². The molecular formula is C22H36O5. The van der Waals surface area contributed by atoms with Crippen LogP contribution in [0.2, 0.25) is 0 Å². The van der Waals surface area contributed by atoms with E-state index in [4.69, 9.17) is 9.47 Å². The Hall–Kier alpha value is -1.17. The fourth-order valence-corrected chi connectivity index (χ4v) is 3.82. The molecule has 2 aliphatic rings. The van der Waals surface area contributed by atoms with Crippen molar-refractivity contribution in [3.05, 3.63) is 23.3 Å². The van der Waals surface area contributed by atoms with Gasteiger partial charge in [0.1, 0.15) is 11.7 Å². The monoisotopic (exact) mass is 380 g/mol. The molecule has 4 atom stereocenters. The van der Waals surface area contributed by atoms with Crippen molar-refractivity contribution < 1.29 is 24.5 Å². The summed E-state index contributed by atoms with van der Waals surface area (Å²) in [7, 11) is 0. The van der Waals surface area contributed by atoms with Crippen LogP contribution in [-0.2, 0) is 14.3 Å². The quantitative estimate of drug-likeness (QED) is 0.443. The van der Waals surface area contributed by atoms with Gasteiger partial charge in [0.2, 0.25) is 0 Å². The van der Waals surface area contributed by atoms with E-state index >= 15 is 0 Å². The first kappa shape index (κ1) is 22.1. The van der Waals surface area contributed by atoms with Crippen LogP contribution in [0.15, 0.2) is 23.3 Å². The van der Waals surface area contributed by atoms with Gasteiger partial charge in [-0.3, -0.25) is 4.79 Å². The largest absolute Gasteiger partial charge is 0.455 e. The molecule has 0 aromatic heterocycles. The van der Waals surface area contributed by atoms with Crippen LogP contribution in [0.25, 0.3) is 0 Å². The van der Waals surface area contributed by atoms with Gasteiger partial charge in [-0.25, -0.2) is 0 Å². The average molecular weight is 381 g/mol. The Morgan fingerprint density at radius 3 is 2.63 bits per heavy atom. The van der Waals surface area contributed by atoms with E-state index < -0.39 is 17.7 Å². The normalized spacial score (nSPS) is 35.6. The molecule has 4 unspecified atom stereocenters. The lowest BCUT2D eigenvalue weighted by Crippen LogP contribution is -2.41. The van der Waals surface area contributed by atoms with Gasteiger partial charge in [-0.1, -0.05) is 25.5 Å². The molecule has 0 aromatic carbocycles. The number of aliphatic hydroxyl groups excluding tert-OH is 1. The summed E-state index contributed by atoms with van der Waals surface area (Å²) in [5, 5.41) is 20.6. The van der Waals surface area contributed by atoms with Crippen molar-refractivity contribution in [2.45, 2.75) is 96.6 Å². The first-order valence-corrected chi connectivity index (χ1v) is 10.1. The minimum absolute atomic E-state index is 0.0242. The standard InChI is InChI=1S/C22H36O5/c1-15(2)18-10-12-22(5)19(27-22)9-8-17(14-23)7-6-11-21(4,25)20(13-18)26-16(3)24/h7,13,15,19-20,23,25H,6,8-12,14H2,1-5H3. The van der Waals surface area contributed by atoms with E-state index in [0.29, 0.717) is 18.8 Å². The van der Waals surface area contributed by atoms with Gasteiger partial charge >= 0.3 is 5.97 Å². The van der Waals surface area contributed by atoms with Crippen molar-refractivity contribution in [2.24, 2.45) is 5.92 Å². The number of fused-ring (bicyclic) bond motifs is 1. The first-order chi connectivity index (χ1) is 12.6. The molecule has 2 N–H and O–H groups in total. The number of allylic oxidation sites excluding steroid dienone is 2. The van der Waals surface area contributed by atoms with E-state index in [9.17, 15) is 15.0 Å². The molecule has 0 amide bonds. The van der Waals surface area contributed by atoms with Gasteiger partial charge in [-0.15, -0.1) is 0 Å².